The van der Waals surface area contributed by atoms with Gasteiger partial charge in [-0.2, -0.15) is 0 Å². The van der Waals surface area contributed by atoms with E-state index in [0.717, 1.165) is 64.8 Å². The normalized spacial score (nSPS) is 12.6. The van der Waals surface area contributed by atoms with Gasteiger partial charge in [0.25, 0.3) is 0 Å². The number of ketones is 2. The number of aromatic nitrogens is 1. The van der Waals surface area contributed by atoms with Crippen molar-refractivity contribution in [2.75, 3.05) is 59.5 Å². The first-order valence-corrected chi connectivity index (χ1v) is 21.2. The number of nitrogens with zero attached hydrogens (tertiary/aromatic N) is 1. The van der Waals surface area contributed by atoms with Crippen LogP contribution in [0.1, 0.15) is 95.9 Å². The number of carbonyl (C=O) groups excluding carboxylic acids is 3. The number of aryl methyl sites for hydroxylation is 2. The zero-order valence-corrected chi connectivity index (χ0v) is 36.2. The quantitative estimate of drug-likeness (QED) is 0.0560. The molecule has 10 heteroatoms. The molecule has 59 heavy (non-hydrogen) atoms. The van der Waals surface area contributed by atoms with E-state index in [4.69, 9.17) is 23.7 Å². The van der Waals surface area contributed by atoms with Gasteiger partial charge in [0.15, 0.2) is 5.78 Å². The predicted octanol–water partition coefficient (Wildman–Crippen LogP) is 9.03. The van der Waals surface area contributed by atoms with Crippen molar-refractivity contribution in [2.24, 2.45) is 5.41 Å². The summed E-state index contributed by atoms with van der Waals surface area (Å²) in [6.07, 6.45) is 5.96. The number of pyridine rings is 1. The molecule has 2 atom stereocenters. The van der Waals surface area contributed by atoms with Crippen molar-refractivity contribution < 1.29 is 38.1 Å². The van der Waals surface area contributed by atoms with Crippen molar-refractivity contribution in [1.29, 1.82) is 0 Å². The maximum atomic E-state index is 13.3. The molecular weight excluding hydrogens is 745 g/mol. The summed E-state index contributed by atoms with van der Waals surface area (Å²) >= 11 is 0. The van der Waals surface area contributed by atoms with Crippen LogP contribution < -0.4 is 10.1 Å². The van der Waals surface area contributed by atoms with Crippen molar-refractivity contribution >= 4 is 28.2 Å². The third-order valence-electron chi connectivity index (χ3n) is 10.1. The van der Waals surface area contributed by atoms with Crippen LogP contribution in [-0.2, 0) is 39.8 Å². The minimum atomic E-state index is -0.641. The Balaban J connectivity index is 1.20. The summed E-state index contributed by atoms with van der Waals surface area (Å²) in [5, 5.41) is 4.92. The Labute approximate surface area is 351 Å². The molecule has 0 aliphatic rings. The molecule has 0 saturated heterocycles. The van der Waals surface area contributed by atoms with Crippen LogP contribution in [0.3, 0.4) is 0 Å². The first-order chi connectivity index (χ1) is 28.4. The molecule has 4 aromatic rings. The number of Topliss-reactive ketones (excluding diaryl/α,β-unsaturated/α-hetero) is 2. The lowest BCUT2D eigenvalue weighted by Gasteiger charge is -2.19. The zero-order valence-electron chi connectivity index (χ0n) is 36.2. The Morgan fingerprint density at radius 2 is 1.36 bits per heavy atom. The molecule has 0 fully saturated rings. The van der Waals surface area contributed by atoms with E-state index >= 15 is 0 Å². The first-order valence-electron chi connectivity index (χ1n) is 21.2. The summed E-state index contributed by atoms with van der Waals surface area (Å²) < 4.78 is 28.7. The fourth-order valence-corrected chi connectivity index (χ4v) is 6.73. The van der Waals surface area contributed by atoms with Crippen molar-refractivity contribution in [3.05, 3.63) is 95.8 Å². The van der Waals surface area contributed by atoms with Gasteiger partial charge in [-0.15, -0.1) is 0 Å². The number of rotatable bonds is 28. The number of hydrogen-bond donors (Lipinski definition) is 1. The standard InChI is InChI=1S/C49H66N2O8/c1-36-21-23-50-42(33-36)11-7-10-14-48(54)51-38(3)46(53)35-41(34-37(2)52)39-15-17-40(18-16-39)43-19-20-47(45-13-9-8-12-44(43)45)59-32-31-58-30-29-57-28-27-56-26-25-55-24-22-49(4,5)6/h8-9,12-13,15-21,23,33,38,41H,7,10-11,14,22,24-32,34-35H2,1-6H3,(H,51,54)/t38-,41+/m0/s1. The van der Waals surface area contributed by atoms with Crippen LogP contribution in [-0.4, -0.2) is 88.0 Å². The largest absolute Gasteiger partial charge is 0.491 e. The molecule has 320 valence electrons. The SMILES string of the molecule is CC(=O)C[C@H](CC(=O)[C@H](C)NC(=O)CCCCc1cc(C)ccn1)c1ccc(-c2ccc(OCCOCCOCCOCCOCCC(C)(C)C)c3ccccc23)cc1. The van der Waals surface area contributed by atoms with Gasteiger partial charge < -0.3 is 33.8 Å². The van der Waals surface area contributed by atoms with Gasteiger partial charge in [-0.25, -0.2) is 0 Å². The molecule has 0 saturated carbocycles. The molecule has 1 heterocycles. The second kappa shape index (κ2) is 25.2. The van der Waals surface area contributed by atoms with E-state index in [9.17, 15) is 14.4 Å². The highest BCUT2D eigenvalue weighted by molar-refractivity contribution is 6.00. The van der Waals surface area contributed by atoms with E-state index in [2.05, 4.69) is 55.3 Å². The van der Waals surface area contributed by atoms with E-state index in [1.54, 1.807) is 20.0 Å². The fourth-order valence-electron chi connectivity index (χ4n) is 6.73. The Hall–Kier alpha value is -4.48. The summed E-state index contributed by atoms with van der Waals surface area (Å²) in [5.74, 6) is 0.264. The number of fused-ring (bicyclic) bond motifs is 1. The molecule has 1 N–H and O–H groups in total. The second-order valence-electron chi connectivity index (χ2n) is 16.5. The van der Waals surface area contributed by atoms with Gasteiger partial charge in [0, 0.05) is 43.1 Å². The molecule has 0 aliphatic carbocycles. The van der Waals surface area contributed by atoms with Gasteiger partial charge in [-0.05, 0) is 104 Å². The monoisotopic (exact) mass is 810 g/mol. The minimum Gasteiger partial charge on any atom is -0.491 e. The van der Waals surface area contributed by atoms with E-state index in [1.807, 2.05) is 55.5 Å². The Kier molecular flexibility index (Phi) is 20.2. The Bertz CT molecular complexity index is 1890. The topological polar surface area (TPSA) is 122 Å². The van der Waals surface area contributed by atoms with Gasteiger partial charge in [-0.3, -0.25) is 14.6 Å². The van der Waals surface area contributed by atoms with E-state index < -0.39 is 6.04 Å². The van der Waals surface area contributed by atoms with Gasteiger partial charge in [-0.1, -0.05) is 75.4 Å². The van der Waals surface area contributed by atoms with Crippen molar-refractivity contribution in [3.8, 4) is 16.9 Å². The number of nitrogens with one attached hydrogen (secondary N) is 1. The van der Waals surface area contributed by atoms with Gasteiger partial charge in [0.05, 0.1) is 52.3 Å². The van der Waals surface area contributed by atoms with Gasteiger partial charge >= 0.3 is 0 Å². The first kappa shape index (κ1) is 47.2. The third kappa shape index (κ3) is 17.7. The van der Waals surface area contributed by atoms with Crippen LogP contribution in [0.2, 0.25) is 0 Å². The summed E-state index contributed by atoms with van der Waals surface area (Å²) in [6, 6.07) is 23.7. The second-order valence-corrected chi connectivity index (χ2v) is 16.5. The zero-order chi connectivity index (χ0) is 42.5. The highest BCUT2D eigenvalue weighted by atomic mass is 16.6. The van der Waals surface area contributed by atoms with E-state index in [0.29, 0.717) is 65.7 Å². The number of amides is 1. The predicted molar refractivity (Wildman–Crippen MR) is 234 cm³/mol. The third-order valence-corrected chi connectivity index (χ3v) is 10.1. The van der Waals surface area contributed by atoms with Crippen LogP contribution in [0, 0.1) is 12.3 Å². The number of benzene rings is 3. The molecule has 3 aromatic carbocycles. The maximum absolute atomic E-state index is 13.3. The highest BCUT2D eigenvalue weighted by Crippen LogP contribution is 2.36. The number of unbranched alkanes of at least 4 members (excludes halogenated alkanes) is 1. The smallest absolute Gasteiger partial charge is 0.220 e. The molecule has 0 unspecified atom stereocenters. The minimum absolute atomic E-state index is 0.0110. The average molecular weight is 811 g/mol. The van der Waals surface area contributed by atoms with Crippen molar-refractivity contribution in [1.82, 2.24) is 10.3 Å². The van der Waals surface area contributed by atoms with Crippen LogP contribution in [0.5, 0.6) is 5.75 Å². The molecule has 0 radical (unpaired) electrons. The van der Waals surface area contributed by atoms with Gasteiger partial charge in [0.2, 0.25) is 5.91 Å². The van der Waals surface area contributed by atoms with Crippen LogP contribution in [0.15, 0.2) is 79.0 Å². The molecular formula is C49H66N2O8. The lowest BCUT2D eigenvalue weighted by Crippen LogP contribution is -2.39. The van der Waals surface area contributed by atoms with Crippen molar-refractivity contribution in [3.63, 3.8) is 0 Å². The number of carbonyl (C=O) groups is 3. The molecule has 1 aromatic heterocycles. The van der Waals surface area contributed by atoms with Crippen LogP contribution in [0.4, 0.5) is 0 Å². The molecule has 10 nitrogen and oxygen atoms in total. The van der Waals surface area contributed by atoms with Gasteiger partial charge in [0.1, 0.15) is 18.1 Å². The lowest BCUT2D eigenvalue weighted by atomic mass is 9.87. The van der Waals surface area contributed by atoms with Crippen LogP contribution >= 0.6 is 0 Å². The molecule has 1 amide bonds. The summed E-state index contributed by atoms with van der Waals surface area (Å²) in [6.45, 7) is 16.7. The fraction of sp³-hybridized carbons (Fsp3) is 0.510. The molecule has 0 bridgehead atoms. The molecule has 0 spiro atoms. The number of hydrogen-bond acceptors (Lipinski definition) is 9. The van der Waals surface area contributed by atoms with Crippen molar-refractivity contribution in [2.45, 2.75) is 98.4 Å². The van der Waals surface area contributed by atoms with E-state index in [1.165, 1.54) is 5.56 Å². The highest BCUT2D eigenvalue weighted by Gasteiger charge is 2.23. The molecule has 4 rings (SSSR count). The van der Waals surface area contributed by atoms with Crippen LogP contribution in [0.25, 0.3) is 21.9 Å². The lowest BCUT2D eigenvalue weighted by molar-refractivity contribution is -0.128. The molecule has 0 aliphatic heterocycles. The number of ether oxygens (including phenoxy) is 5. The summed E-state index contributed by atoms with van der Waals surface area (Å²) in [4.78, 5) is 42.7. The summed E-state index contributed by atoms with van der Waals surface area (Å²) in [7, 11) is 0. The summed E-state index contributed by atoms with van der Waals surface area (Å²) in [5.41, 5.74) is 5.45. The Morgan fingerprint density at radius 1 is 0.729 bits per heavy atom. The Morgan fingerprint density at radius 3 is 1.98 bits per heavy atom. The average Bonchev–Trinajstić information content (AvgIpc) is 3.20. The maximum Gasteiger partial charge on any atom is 0.220 e. The van der Waals surface area contributed by atoms with E-state index in [-0.39, 0.29) is 41.6 Å².